The Kier molecular flexibility index (Phi) is 5.56. The van der Waals surface area contributed by atoms with E-state index in [0.29, 0.717) is 16.9 Å². The maximum Gasteiger partial charge on any atom is 0.269 e. The molecular weight excluding hydrogens is 474 g/mol. The minimum Gasteiger partial charge on any atom is -0.304 e. The monoisotopic (exact) mass is 493 g/mol. The number of nitro groups is 1. The molecule has 32 heavy (non-hydrogen) atoms. The molecule has 3 aromatic carbocycles. The first kappa shape index (κ1) is 21.7. The minimum absolute atomic E-state index is 0.00859. The fourth-order valence-electron chi connectivity index (χ4n) is 3.87. The highest BCUT2D eigenvalue weighted by Crippen LogP contribution is 2.42. The van der Waals surface area contributed by atoms with Gasteiger partial charge in [0, 0.05) is 22.2 Å². The number of anilines is 2. The number of carbonyl (C=O) groups is 2. The van der Waals surface area contributed by atoms with Gasteiger partial charge < -0.3 is 4.90 Å². The number of hydrogen-bond donors (Lipinski definition) is 0. The number of nitrogens with zero attached hydrogens (tertiary/aromatic N) is 3. The van der Waals surface area contributed by atoms with Gasteiger partial charge in [0.15, 0.2) is 0 Å². The van der Waals surface area contributed by atoms with Crippen molar-refractivity contribution >= 4 is 44.8 Å². The largest absolute Gasteiger partial charge is 0.304 e. The van der Waals surface area contributed by atoms with Gasteiger partial charge in [-0.05, 0) is 55.8 Å². The molecule has 0 radical (unpaired) electrons. The number of amides is 2. The van der Waals surface area contributed by atoms with Gasteiger partial charge in [-0.3, -0.25) is 24.6 Å². The number of halogens is 1. The lowest BCUT2D eigenvalue weighted by atomic mass is 9.93. The average molecular weight is 494 g/mol. The van der Waals surface area contributed by atoms with Crippen LogP contribution in [-0.4, -0.2) is 22.3 Å². The number of fused-ring (bicyclic) bond motifs is 1. The summed E-state index contributed by atoms with van der Waals surface area (Å²) in [5, 5.41) is 10.9. The fraction of sp³-hybridized carbons (Fsp3) is 0.167. The van der Waals surface area contributed by atoms with E-state index in [1.807, 2.05) is 18.2 Å². The number of non-ortho nitro benzene ring substituents is 1. The second kappa shape index (κ2) is 8.20. The highest BCUT2D eigenvalue weighted by molar-refractivity contribution is 9.10. The van der Waals surface area contributed by atoms with E-state index in [1.54, 1.807) is 66.1 Å². The molecule has 0 atom stereocenters. The minimum atomic E-state index is -1.14. The summed E-state index contributed by atoms with van der Waals surface area (Å²) in [4.78, 5) is 40.7. The number of carbonyl (C=O) groups excluding carboxylic acids is 2. The Morgan fingerprint density at radius 2 is 1.56 bits per heavy atom. The van der Waals surface area contributed by atoms with Crippen LogP contribution in [0.1, 0.15) is 29.8 Å². The van der Waals surface area contributed by atoms with Crippen molar-refractivity contribution in [3.8, 4) is 0 Å². The highest BCUT2D eigenvalue weighted by Gasteiger charge is 2.47. The van der Waals surface area contributed by atoms with E-state index in [9.17, 15) is 19.7 Å². The molecule has 0 spiro atoms. The molecule has 1 aliphatic rings. The number of benzene rings is 3. The highest BCUT2D eigenvalue weighted by atomic mass is 79.9. The summed E-state index contributed by atoms with van der Waals surface area (Å²) in [6.07, 6.45) is 0. The molecule has 0 bridgehead atoms. The van der Waals surface area contributed by atoms with Gasteiger partial charge in [-0.25, -0.2) is 0 Å². The summed E-state index contributed by atoms with van der Waals surface area (Å²) >= 11 is 3.38. The summed E-state index contributed by atoms with van der Waals surface area (Å²) in [6.45, 7) is 3.69. The first-order valence-electron chi connectivity index (χ1n) is 9.94. The average Bonchev–Trinajstić information content (AvgIpc) is 2.77. The summed E-state index contributed by atoms with van der Waals surface area (Å²) < 4.78 is 0.859. The predicted molar refractivity (Wildman–Crippen MR) is 126 cm³/mol. The lowest BCUT2D eigenvalue weighted by molar-refractivity contribution is -0.384. The van der Waals surface area contributed by atoms with Gasteiger partial charge in [-0.2, -0.15) is 0 Å². The zero-order valence-corrected chi connectivity index (χ0v) is 19.1. The summed E-state index contributed by atoms with van der Waals surface area (Å²) in [7, 11) is 0. The van der Waals surface area contributed by atoms with E-state index >= 15 is 0 Å². The SMILES string of the molecule is CC1(C)C(=O)N(Cc2ccc([N+](=O)[O-])cc2)c2ccccc2N1C(=O)c1ccc(Br)cc1. The van der Waals surface area contributed by atoms with Crippen molar-refractivity contribution in [3.63, 3.8) is 0 Å². The maximum atomic E-state index is 13.6. The Labute approximate surface area is 193 Å². The fourth-order valence-corrected chi connectivity index (χ4v) is 4.13. The lowest BCUT2D eigenvalue weighted by Gasteiger charge is -2.46. The van der Waals surface area contributed by atoms with Gasteiger partial charge >= 0.3 is 0 Å². The van der Waals surface area contributed by atoms with Crippen LogP contribution in [0.4, 0.5) is 17.1 Å². The van der Waals surface area contributed by atoms with Crippen LogP contribution in [0.3, 0.4) is 0 Å². The third kappa shape index (κ3) is 3.78. The van der Waals surface area contributed by atoms with Crippen LogP contribution in [-0.2, 0) is 11.3 Å². The van der Waals surface area contributed by atoms with Crippen molar-refractivity contribution in [1.82, 2.24) is 0 Å². The first-order valence-corrected chi connectivity index (χ1v) is 10.7. The van der Waals surface area contributed by atoms with E-state index in [4.69, 9.17) is 0 Å². The summed E-state index contributed by atoms with van der Waals surface area (Å²) in [5.74, 6) is -0.502. The van der Waals surface area contributed by atoms with E-state index in [0.717, 1.165) is 10.0 Å². The van der Waals surface area contributed by atoms with E-state index in [2.05, 4.69) is 15.9 Å². The lowest BCUT2D eigenvalue weighted by Crippen LogP contribution is -2.62. The van der Waals surface area contributed by atoms with Gasteiger partial charge in [0.25, 0.3) is 17.5 Å². The molecule has 2 amide bonds. The van der Waals surface area contributed by atoms with Gasteiger partial charge in [-0.15, -0.1) is 0 Å². The Balaban J connectivity index is 1.75. The van der Waals surface area contributed by atoms with Crippen LogP contribution < -0.4 is 9.80 Å². The van der Waals surface area contributed by atoms with Crippen LogP contribution in [0, 0.1) is 10.1 Å². The van der Waals surface area contributed by atoms with Crippen molar-refractivity contribution in [2.24, 2.45) is 0 Å². The smallest absolute Gasteiger partial charge is 0.269 e. The van der Waals surface area contributed by atoms with Gasteiger partial charge in [0.05, 0.1) is 22.8 Å². The number of hydrogen-bond acceptors (Lipinski definition) is 4. The zero-order chi connectivity index (χ0) is 23.0. The molecule has 4 rings (SSSR count). The molecule has 7 nitrogen and oxygen atoms in total. The molecule has 0 N–H and O–H groups in total. The molecule has 3 aromatic rings. The van der Waals surface area contributed by atoms with Gasteiger partial charge in [0.1, 0.15) is 5.54 Å². The number of nitro benzene ring substituents is 1. The molecule has 0 aromatic heterocycles. The molecule has 8 heteroatoms. The standard InChI is InChI=1S/C24H20BrN3O4/c1-24(2)23(30)26(15-16-7-13-19(14-8-16)28(31)32)20-5-3-4-6-21(20)27(24)22(29)17-9-11-18(25)12-10-17/h3-14H,15H2,1-2H3. The third-order valence-corrected chi connectivity index (χ3v) is 6.05. The summed E-state index contributed by atoms with van der Waals surface area (Å²) in [5.41, 5.74) is 1.33. The zero-order valence-electron chi connectivity index (χ0n) is 17.5. The Morgan fingerprint density at radius 1 is 0.969 bits per heavy atom. The number of para-hydroxylation sites is 2. The van der Waals surface area contributed by atoms with Crippen LogP contribution in [0.15, 0.2) is 77.3 Å². The van der Waals surface area contributed by atoms with Crippen LogP contribution in [0.5, 0.6) is 0 Å². The van der Waals surface area contributed by atoms with E-state index in [-0.39, 0.29) is 24.0 Å². The normalized spacial score (nSPS) is 14.8. The van der Waals surface area contributed by atoms with Crippen LogP contribution in [0.2, 0.25) is 0 Å². The summed E-state index contributed by atoms with van der Waals surface area (Å²) in [6, 6.07) is 20.4. The van der Waals surface area contributed by atoms with Gasteiger partial charge in [-0.1, -0.05) is 40.2 Å². The second-order valence-corrected chi connectivity index (χ2v) is 8.93. The molecule has 162 valence electrons. The molecule has 0 saturated heterocycles. The van der Waals surface area contributed by atoms with Crippen LogP contribution in [0.25, 0.3) is 0 Å². The maximum absolute atomic E-state index is 13.6. The topological polar surface area (TPSA) is 83.8 Å². The second-order valence-electron chi connectivity index (χ2n) is 8.01. The van der Waals surface area contributed by atoms with Crippen LogP contribution >= 0.6 is 15.9 Å². The molecule has 0 fully saturated rings. The van der Waals surface area contributed by atoms with E-state index < -0.39 is 10.5 Å². The Morgan fingerprint density at radius 3 is 2.16 bits per heavy atom. The third-order valence-electron chi connectivity index (χ3n) is 5.52. The first-order chi connectivity index (χ1) is 15.2. The van der Waals surface area contributed by atoms with Crippen molar-refractivity contribution in [2.75, 3.05) is 9.80 Å². The van der Waals surface area contributed by atoms with E-state index in [1.165, 1.54) is 12.1 Å². The number of rotatable bonds is 4. The molecule has 0 saturated carbocycles. The van der Waals surface area contributed by atoms with Crippen molar-refractivity contribution in [2.45, 2.75) is 25.9 Å². The molecule has 1 aliphatic heterocycles. The Hall–Kier alpha value is -3.52. The molecular formula is C24H20BrN3O4. The van der Waals surface area contributed by atoms with Gasteiger partial charge in [0.2, 0.25) is 0 Å². The molecule has 1 heterocycles. The quantitative estimate of drug-likeness (QED) is 0.363. The van der Waals surface area contributed by atoms with Crippen molar-refractivity contribution < 1.29 is 14.5 Å². The molecule has 0 unspecified atom stereocenters. The van der Waals surface area contributed by atoms with Crippen molar-refractivity contribution in [3.05, 3.63) is 98.5 Å². The van der Waals surface area contributed by atoms with Crippen molar-refractivity contribution in [1.29, 1.82) is 0 Å². The predicted octanol–water partition coefficient (Wildman–Crippen LogP) is 5.33. The molecule has 0 aliphatic carbocycles. The Bertz CT molecular complexity index is 1210.